The van der Waals surface area contributed by atoms with Crippen molar-refractivity contribution < 1.29 is 14.3 Å². The normalized spacial score (nSPS) is 30.7. The first-order chi connectivity index (χ1) is 11.1. The Balaban J connectivity index is 1.49. The number of unbranched alkanes of at least 4 members (excludes halogenated alkanes) is 5. The number of carbonyl (C=O) groups excluding carboxylic acids is 1. The van der Waals surface area contributed by atoms with Crippen LogP contribution >= 0.6 is 11.8 Å². The summed E-state index contributed by atoms with van der Waals surface area (Å²) in [5, 5.41) is -0.529. The van der Waals surface area contributed by atoms with E-state index in [4.69, 9.17) is 4.74 Å². The minimum absolute atomic E-state index is 0.102. The van der Waals surface area contributed by atoms with Crippen molar-refractivity contribution in [2.24, 2.45) is 0 Å². The van der Waals surface area contributed by atoms with Gasteiger partial charge in [-0.05, 0) is 19.8 Å². The minimum Gasteiger partial charge on any atom is -0.469 e. The van der Waals surface area contributed by atoms with Crippen molar-refractivity contribution in [1.82, 2.24) is 21.7 Å². The SMILES string of the molecule is COC(=O)CCCCCCCCC1(C)NNC2(NN1)OCCS2. The Morgan fingerprint density at radius 1 is 1.09 bits per heavy atom. The highest BCUT2D eigenvalue weighted by atomic mass is 32.2. The average molecular weight is 346 g/mol. The third kappa shape index (κ3) is 6.21. The number of ether oxygens (including phenoxy) is 2. The van der Waals surface area contributed by atoms with Crippen LogP contribution in [0, 0.1) is 0 Å². The van der Waals surface area contributed by atoms with Crippen LogP contribution in [-0.4, -0.2) is 36.3 Å². The van der Waals surface area contributed by atoms with Gasteiger partial charge in [-0.15, -0.1) is 0 Å². The van der Waals surface area contributed by atoms with Gasteiger partial charge in [0.2, 0.25) is 0 Å². The maximum absolute atomic E-state index is 11.0. The highest BCUT2D eigenvalue weighted by Crippen LogP contribution is 2.29. The maximum Gasteiger partial charge on any atom is 0.305 e. The first-order valence-electron chi connectivity index (χ1n) is 8.51. The summed E-state index contributed by atoms with van der Waals surface area (Å²) in [5.41, 5.74) is 13.0. The highest BCUT2D eigenvalue weighted by molar-refractivity contribution is 8.00. The van der Waals surface area contributed by atoms with Gasteiger partial charge >= 0.3 is 5.97 Å². The Kier molecular flexibility index (Phi) is 7.58. The zero-order valence-electron chi connectivity index (χ0n) is 14.2. The molecule has 134 valence electrons. The predicted octanol–water partition coefficient (Wildman–Crippen LogP) is 1.57. The molecule has 0 aliphatic carbocycles. The van der Waals surface area contributed by atoms with Crippen LogP contribution in [0.4, 0.5) is 0 Å². The minimum atomic E-state index is -0.529. The van der Waals surface area contributed by atoms with Crippen LogP contribution in [0.25, 0.3) is 0 Å². The molecule has 2 aliphatic rings. The Bertz CT molecular complexity index is 368. The monoisotopic (exact) mass is 346 g/mol. The molecule has 2 fully saturated rings. The molecule has 0 aromatic heterocycles. The fraction of sp³-hybridized carbons (Fsp3) is 0.933. The second-order valence-electron chi connectivity index (χ2n) is 6.34. The van der Waals surface area contributed by atoms with Gasteiger partial charge in [0.1, 0.15) is 0 Å². The van der Waals surface area contributed by atoms with E-state index in [2.05, 4.69) is 33.4 Å². The fourth-order valence-electron chi connectivity index (χ4n) is 2.74. The molecule has 8 heteroatoms. The van der Waals surface area contributed by atoms with E-state index in [1.54, 1.807) is 11.8 Å². The van der Waals surface area contributed by atoms with Crippen molar-refractivity contribution in [1.29, 1.82) is 0 Å². The van der Waals surface area contributed by atoms with Gasteiger partial charge in [-0.1, -0.05) is 43.9 Å². The molecular formula is C15H30N4O3S. The van der Waals surface area contributed by atoms with Crippen molar-refractivity contribution in [2.75, 3.05) is 19.5 Å². The quantitative estimate of drug-likeness (QED) is 0.370. The summed E-state index contributed by atoms with van der Waals surface area (Å²) in [6.45, 7) is 2.89. The van der Waals surface area contributed by atoms with E-state index in [-0.39, 0.29) is 11.6 Å². The van der Waals surface area contributed by atoms with Gasteiger partial charge in [0.15, 0.2) is 0 Å². The molecule has 0 bridgehead atoms. The Morgan fingerprint density at radius 3 is 2.35 bits per heavy atom. The van der Waals surface area contributed by atoms with Crippen LogP contribution in [0.5, 0.6) is 0 Å². The van der Waals surface area contributed by atoms with Crippen molar-refractivity contribution in [3.05, 3.63) is 0 Å². The number of hydrogen-bond acceptors (Lipinski definition) is 8. The van der Waals surface area contributed by atoms with E-state index in [1.807, 2.05) is 0 Å². The van der Waals surface area contributed by atoms with Crippen LogP contribution < -0.4 is 21.7 Å². The van der Waals surface area contributed by atoms with E-state index in [1.165, 1.54) is 26.4 Å². The number of hydrazine groups is 2. The molecule has 2 heterocycles. The third-order valence-electron chi connectivity index (χ3n) is 4.24. The summed E-state index contributed by atoms with van der Waals surface area (Å²) in [6, 6.07) is 0. The number of methoxy groups -OCH3 is 1. The number of rotatable bonds is 9. The second kappa shape index (κ2) is 9.19. The van der Waals surface area contributed by atoms with Crippen LogP contribution in [0.15, 0.2) is 0 Å². The Hall–Kier alpha value is -0.380. The highest BCUT2D eigenvalue weighted by Gasteiger charge is 2.43. The van der Waals surface area contributed by atoms with Crippen molar-refractivity contribution >= 4 is 17.7 Å². The van der Waals surface area contributed by atoms with E-state index < -0.39 is 5.18 Å². The zero-order valence-corrected chi connectivity index (χ0v) is 15.0. The molecule has 0 aromatic rings. The molecule has 4 N–H and O–H groups in total. The van der Waals surface area contributed by atoms with Crippen molar-refractivity contribution in [3.8, 4) is 0 Å². The molecule has 0 unspecified atom stereocenters. The summed E-state index contributed by atoms with van der Waals surface area (Å²) in [7, 11) is 1.44. The summed E-state index contributed by atoms with van der Waals surface area (Å²) in [6.07, 6.45) is 8.34. The largest absolute Gasteiger partial charge is 0.469 e. The second-order valence-corrected chi connectivity index (χ2v) is 7.61. The maximum atomic E-state index is 11.0. The number of hydrogen-bond donors (Lipinski definition) is 4. The molecule has 2 saturated heterocycles. The number of thioether (sulfide) groups is 1. The topological polar surface area (TPSA) is 83.7 Å². The van der Waals surface area contributed by atoms with Crippen molar-refractivity contribution in [2.45, 2.75) is 69.1 Å². The Morgan fingerprint density at radius 2 is 1.74 bits per heavy atom. The van der Waals surface area contributed by atoms with Gasteiger partial charge < -0.3 is 9.47 Å². The van der Waals surface area contributed by atoms with Crippen LogP contribution in [0.3, 0.4) is 0 Å². The molecule has 2 rings (SSSR count). The summed E-state index contributed by atoms with van der Waals surface area (Å²) in [4.78, 5) is 11.0. The number of nitrogens with one attached hydrogen (secondary N) is 4. The summed E-state index contributed by atoms with van der Waals surface area (Å²) >= 11 is 1.71. The molecule has 1 spiro atoms. The molecule has 0 aromatic carbocycles. The fourth-order valence-corrected chi connectivity index (χ4v) is 3.61. The molecule has 0 radical (unpaired) electrons. The lowest BCUT2D eigenvalue weighted by molar-refractivity contribution is -0.140. The van der Waals surface area contributed by atoms with Gasteiger partial charge in [-0.25, -0.2) is 21.7 Å². The lowest BCUT2D eigenvalue weighted by atomic mass is 10.0. The van der Waals surface area contributed by atoms with Gasteiger partial charge in [0.25, 0.3) is 5.18 Å². The van der Waals surface area contributed by atoms with E-state index >= 15 is 0 Å². The lowest BCUT2D eigenvalue weighted by Gasteiger charge is -2.44. The lowest BCUT2D eigenvalue weighted by Crippen LogP contribution is -2.79. The van der Waals surface area contributed by atoms with Gasteiger partial charge in [0.05, 0.1) is 19.4 Å². The molecule has 23 heavy (non-hydrogen) atoms. The first kappa shape index (κ1) is 19.0. The number of esters is 1. The van der Waals surface area contributed by atoms with Gasteiger partial charge in [0, 0.05) is 12.2 Å². The molecule has 2 aliphatic heterocycles. The van der Waals surface area contributed by atoms with E-state index in [0.717, 1.165) is 38.0 Å². The molecule has 0 atom stereocenters. The van der Waals surface area contributed by atoms with Crippen LogP contribution in [0.1, 0.15) is 58.3 Å². The van der Waals surface area contributed by atoms with E-state index in [0.29, 0.717) is 6.42 Å². The molecular weight excluding hydrogens is 316 g/mol. The number of carbonyl (C=O) groups is 1. The predicted molar refractivity (Wildman–Crippen MR) is 91.0 cm³/mol. The van der Waals surface area contributed by atoms with Gasteiger partial charge in [-0.3, -0.25) is 4.79 Å². The molecule has 7 nitrogen and oxygen atoms in total. The molecule has 0 saturated carbocycles. The van der Waals surface area contributed by atoms with Crippen molar-refractivity contribution in [3.63, 3.8) is 0 Å². The van der Waals surface area contributed by atoms with Crippen LogP contribution in [-0.2, 0) is 14.3 Å². The smallest absolute Gasteiger partial charge is 0.305 e. The summed E-state index contributed by atoms with van der Waals surface area (Å²) < 4.78 is 10.3. The third-order valence-corrected chi connectivity index (χ3v) is 5.33. The average Bonchev–Trinajstić information content (AvgIpc) is 3.02. The summed E-state index contributed by atoms with van der Waals surface area (Å²) in [5.74, 6) is 0.880. The Labute approximate surface area is 142 Å². The van der Waals surface area contributed by atoms with Crippen LogP contribution in [0.2, 0.25) is 0 Å². The van der Waals surface area contributed by atoms with Gasteiger partial charge in [-0.2, -0.15) is 0 Å². The molecule has 0 amide bonds. The standard InChI is InChI=1S/C15H30N4O3S/c1-14(16-18-15(19-17-14)22-11-12-23-15)10-8-6-4-3-5-7-9-13(20)21-2/h16-19H,3-12H2,1-2H3. The first-order valence-corrected chi connectivity index (χ1v) is 9.49. The zero-order chi connectivity index (χ0) is 16.6. The van der Waals surface area contributed by atoms with E-state index in [9.17, 15) is 4.79 Å².